The molecule has 14 heavy (non-hydrogen) atoms. The van der Waals surface area contributed by atoms with Gasteiger partial charge in [-0.25, -0.2) is 0 Å². The van der Waals surface area contributed by atoms with Crippen molar-refractivity contribution in [3.05, 3.63) is 35.9 Å². The largest absolute Gasteiger partial charge is 0.310 e. The van der Waals surface area contributed by atoms with E-state index in [0.717, 1.165) is 4.43 Å². The first-order valence-electron chi connectivity index (χ1n) is 4.37. The molecular formula is C10H12F2IN. The first-order valence-corrected chi connectivity index (χ1v) is 5.89. The lowest BCUT2D eigenvalue weighted by Gasteiger charge is -2.16. The SMILES string of the molecule is FC(F)(CNCCI)c1ccccc1. The van der Waals surface area contributed by atoms with Crippen LogP contribution < -0.4 is 5.32 Å². The van der Waals surface area contributed by atoms with Crippen molar-refractivity contribution in [2.45, 2.75) is 5.92 Å². The van der Waals surface area contributed by atoms with Crippen molar-refractivity contribution < 1.29 is 8.78 Å². The van der Waals surface area contributed by atoms with Crippen molar-refractivity contribution in [1.82, 2.24) is 5.32 Å². The third-order valence-electron chi connectivity index (χ3n) is 1.81. The molecule has 0 saturated carbocycles. The van der Waals surface area contributed by atoms with E-state index in [2.05, 4.69) is 27.9 Å². The van der Waals surface area contributed by atoms with Crippen LogP contribution in [0.15, 0.2) is 30.3 Å². The average Bonchev–Trinajstić information content (AvgIpc) is 2.19. The van der Waals surface area contributed by atoms with E-state index in [9.17, 15) is 8.78 Å². The van der Waals surface area contributed by atoms with E-state index in [1.54, 1.807) is 18.2 Å². The molecule has 0 radical (unpaired) electrons. The molecule has 1 N–H and O–H groups in total. The summed E-state index contributed by atoms with van der Waals surface area (Å²) in [6.07, 6.45) is 0. The molecule has 0 spiro atoms. The van der Waals surface area contributed by atoms with Gasteiger partial charge in [-0.3, -0.25) is 0 Å². The number of nitrogens with one attached hydrogen (secondary N) is 1. The normalized spacial score (nSPS) is 11.6. The highest BCUT2D eigenvalue weighted by Crippen LogP contribution is 2.26. The van der Waals surface area contributed by atoms with Gasteiger partial charge in [-0.2, -0.15) is 8.78 Å². The smallest absolute Gasteiger partial charge is 0.285 e. The van der Waals surface area contributed by atoms with Gasteiger partial charge >= 0.3 is 0 Å². The molecule has 0 unspecified atom stereocenters. The molecule has 0 aromatic heterocycles. The highest BCUT2D eigenvalue weighted by atomic mass is 127. The lowest BCUT2D eigenvalue weighted by atomic mass is 10.1. The Balaban J connectivity index is 2.56. The van der Waals surface area contributed by atoms with Crippen LogP contribution in [0.1, 0.15) is 5.56 Å². The quantitative estimate of drug-likeness (QED) is 0.501. The Morgan fingerprint density at radius 3 is 2.43 bits per heavy atom. The van der Waals surface area contributed by atoms with E-state index >= 15 is 0 Å². The summed E-state index contributed by atoms with van der Waals surface area (Å²) in [5.41, 5.74) is 0.0703. The van der Waals surface area contributed by atoms with Gasteiger partial charge in [-0.05, 0) is 0 Å². The van der Waals surface area contributed by atoms with E-state index in [1.807, 2.05) is 0 Å². The minimum absolute atomic E-state index is 0.0703. The van der Waals surface area contributed by atoms with Crippen molar-refractivity contribution in [3.63, 3.8) is 0 Å². The summed E-state index contributed by atoms with van der Waals surface area (Å²) in [6, 6.07) is 7.89. The van der Waals surface area contributed by atoms with Gasteiger partial charge in [-0.15, -0.1) is 0 Å². The van der Waals surface area contributed by atoms with Crippen molar-refractivity contribution >= 4 is 22.6 Å². The van der Waals surface area contributed by atoms with Crippen LogP contribution in [0.2, 0.25) is 0 Å². The van der Waals surface area contributed by atoms with Gasteiger partial charge < -0.3 is 5.32 Å². The van der Waals surface area contributed by atoms with Crippen LogP contribution in [-0.2, 0) is 5.92 Å². The number of benzene rings is 1. The summed E-state index contributed by atoms with van der Waals surface area (Å²) < 4.78 is 27.7. The molecule has 4 heteroatoms. The minimum atomic E-state index is -2.77. The number of halogens is 3. The van der Waals surface area contributed by atoms with E-state index in [1.165, 1.54) is 12.1 Å². The zero-order valence-electron chi connectivity index (χ0n) is 7.64. The fraction of sp³-hybridized carbons (Fsp3) is 0.400. The first-order chi connectivity index (χ1) is 6.67. The van der Waals surface area contributed by atoms with Gasteiger partial charge in [0.05, 0.1) is 6.54 Å². The lowest BCUT2D eigenvalue weighted by molar-refractivity contribution is -0.00249. The van der Waals surface area contributed by atoms with Gasteiger partial charge in [0.15, 0.2) is 0 Å². The minimum Gasteiger partial charge on any atom is -0.310 e. The Hall–Kier alpha value is -0.230. The van der Waals surface area contributed by atoms with Crippen LogP contribution in [0, 0.1) is 0 Å². The second kappa shape index (κ2) is 5.60. The Labute approximate surface area is 96.0 Å². The fourth-order valence-corrected chi connectivity index (χ4v) is 1.48. The Bertz CT molecular complexity index is 264. The summed E-state index contributed by atoms with van der Waals surface area (Å²) in [4.78, 5) is 0. The fourth-order valence-electron chi connectivity index (χ4n) is 1.10. The molecule has 1 aromatic carbocycles. The highest BCUT2D eigenvalue weighted by Gasteiger charge is 2.30. The summed E-state index contributed by atoms with van der Waals surface area (Å²) >= 11 is 2.15. The number of hydrogen-bond donors (Lipinski definition) is 1. The second-order valence-electron chi connectivity index (χ2n) is 2.94. The van der Waals surface area contributed by atoms with Crippen LogP contribution in [0.25, 0.3) is 0 Å². The maximum Gasteiger partial charge on any atom is 0.285 e. The summed E-state index contributed by atoms with van der Waals surface area (Å²) in [5.74, 6) is -2.77. The van der Waals surface area contributed by atoms with Crippen LogP contribution in [0.3, 0.4) is 0 Å². The number of alkyl halides is 3. The van der Waals surface area contributed by atoms with E-state index in [4.69, 9.17) is 0 Å². The Kier molecular flexibility index (Phi) is 4.74. The molecular weight excluding hydrogens is 299 g/mol. The summed E-state index contributed by atoms with van der Waals surface area (Å²) in [7, 11) is 0. The van der Waals surface area contributed by atoms with E-state index in [-0.39, 0.29) is 12.1 Å². The van der Waals surface area contributed by atoms with E-state index < -0.39 is 5.92 Å². The summed E-state index contributed by atoms with van der Waals surface area (Å²) in [5, 5.41) is 2.72. The zero-order chi connectivity index (χ0) is 10.4. The Morgan fingerprint density at radius 1 is 1.21 bits per heavy atom. The third-order valence-corrected chi connectivity index (χ3v) is 2.35. The van der Waals surface area contributed by atoms with Gasteiger partial charge in [-0.1, -0.05) is 52.9 Å². The van der Waals surface area contributed by atoms with Crippen molar-refractivity contribution in [1.29, 1.82) is 0 Å². The predicted molar refractivity (Wildman–Crippen MR) is 62.1 cm³/mol. The van der Waals surface area contributed by atoms with E-state index in [0.29, 0.717) is 6.54 Å². The maximum absolute atomic E-state index is 13.4. The predicted octanol–water partition coefficient (Wildman–Crippen LogP) is 2.80. The van der Waals surface area contributed by atoms with Crippen molar-refractivity contribution in [2.24, 2.45) is 0 Å². The molecule has 0 heterocycles. The number of rotatable bonds is 5. The molecule has 0 bridgehead atoms. The molecule has 1 nitrogen and oxygen atoms in total. The zero-order valence-corrected chi connectivity index (χ0v) is 9.80. The second-order valence-corrected chi connectivity index (χ2v) is 4.01. The number of hydrogen-bond acceptors (Lipinski definition) is 1. The molecule has 0 aliphatic carbocycles. The van der Waals surface area contributed by atoms with Crippen LogP contribution in [0.4, 0.5) is 8.78 Å². The average molecular weight is 311 g/mol. The molecule has 1 rings (SSSR count). The highest BCUT2D eigenvalue weighted by molar-refractivity contribution is 14.1. The Morgan fingerprint density at radius 2 is 1.86 bits per heavy atom. The van der Waals surface area contributed by atoms with Crippen molar-refractivity contribution in [2.75, 3.05) is 17.5 Å². The molecule has 0 fully saturated rings. The van der Waals surface area contributed by atoms with Gasteiger partial charge in [0.25, 0.3) is 5.92 Å². The summed E-state index contributed by atoms with van der Waals surface area (Å²) in [6.45, 7) is 0.322. The molecule has 0 aliphatic heterocycles. The van der Waals surface area contributed by atoms with Crippen LogP contribution >= 0.6 is 22.6 Å². The topological polar surface area (TPSA) is 12.0 Å². The maximum atomic E-state index is 13.4. The van der Waals surface area contributed by atoms with Crippen molar-refractivity contribution in [3.8, 4) is 0 Å². The van der Waals surface area contributed by atoms with Gasteiger partial charge in [0.1, 0.15) is 0 Å². The lowest BCUT2D eigenvalue weighted by Crippen LogP contribution is -2.31. The molecule has 0 aliphatic rings. The third kappa shape index (κ3) is 3.49. The molecule has 0 saturated heterocycles. The van der Waals surface area contributed by atoms with Crippen LogP contribution in [-0.4, -0.2) is 17.5 Å². The molecule has 78 valence electrons. The molecule has 0 amide bonds. The van der Waals surface area contributed by atoms with Gasteiger partial charge in [0.2, 0.25) is 0 Å². The van der Waals surface area contributed by atoms with Crippen LogP contribution in [0.5, 0.6) is 0 Å². The van der Waals surface area contributed by atoms with Gasteiger partial charge in [0, 0.05) is 16.5 Å². The molecule has 1 aromatic rings. The molecule has 0 atom stereocenters. The monoisotopic (exact) mass is 311 g/mol. The first kappa shape index (κ1) is 11.8. The standard InChI is InChI=1S/C10H12F2IN/c11-10(12,8-14-7-6-13)9-4-2-1-3-5-9/h1-5,14H,6-8H2.